The minimum Gasteiger partial charge on any atom is -0.392 e. The SMILES string of the molecule is CC[C@@H](O)CNC1(C)CCN(c2nnc(-c3cccc(Cl)c3Cl)c(N)n2)C1. The first-order chi connectivity index (χ1) is 12.8. The van der Waals surface area contributed by atoms with E-state index in [0.717, 1.165) is 19.4 Å². The van der Waals surface area contributed by atoms with Gasteiger partial charge in [-0.3, -0.25) is 0 Å². The van der Waals surface area contributed by atoms with E-state index in [1.807, 2.05) is 11.8 Å². The number of nitrogens with one attached hydrogen (secondary N) is 1. The van der Waals surface area contributed by atoms with Gasteiger partial charge in [-0.2, -0.15) is 4.98 Å². The van der Waals surface area contributed by atoms with Crippen molar-refractivity contribution in [3.63, 3.8) is 0 Å². The number of rotatable bonds is 6. The van der Waals surface area contributed by atoms with Gasteiger partial charge in [0.05, 0.1) is 16.1 Å². The Bertz CT molecular complexity index is 820. The number of aliphatic hydroxyl groups is 1. The molecule has 9 heteroatoms. The van der Waals surface area contributed by atoms with Crippen LogP contribution in [0.2, 0.25) is 10.0 Å². The predicted octanol–water partition coefficient (Wildman–Crippen LogP) is 2.76. The molecule has 1 fully saturated rings. The molecular formula is C18H24Cl2N6O. The van der Waals surface area contributed by atoms with Gasteiger partial charge in [-0.1, -0.05) is 42.3 Å². The molecule has 2 aromatic rings. The second kappa shape index (κ2) is 8.14. The number of aliphatic hydroxyl groups excluding tert-OH is 1. The van der Waals surface area contributed by atoms with E-state index in [4.69, 9.17) is 28.9 Å². The van der Waals surface area contributed by atoms with Gasteiger partial charge in [0.1, 0.15) is 5.69 Å². The van der Waals surface area contributed by atoms with Gasteiger partial charge in [-0.25, -0.2) is 0 Å². The molecule has 0 spiro atoms. The van der Waals surface area contributed by atoms with E-state index in [2.05, 4.69) is 27.4 Å². The fraction of sp³-hybridized carbons (Fsp3) is 0.500. The summed E-state index contributed by atoms with van der Waals surface area (Å²) >= 11 is 12.3. The number of β-amino-alcohol motifs (C(OH)–C–C–N with tert-alkyl or cyclic N) is 1. The van der Waals surface area contributed by atoms with Crippen molar-refractivity contribution in [1.82, 2.24) is 20.5 Å². The maximum atomic E-state index is 9.79. The highest BCUT2D eigenvalue weighted by Gasteiger charge is 2.35. The van der Waals surface area contributed by atoms with Gasteiger partial charge in [0, 0.05) is 30.7 Å². The number of aromatic nitrogens is 3. The Morgan fingerprint density at radius 1 is 1.37 bits per heavy atom. The molecule has 0 aliphatic carbocycles. The van der Waals surface area contributed by atoms with Crippen molar-refractivity contribution in [2.75, 3.05) is 30.3 Å². The van der Waals surface area contributed by atoms with Crippen molar-refractivity contribution in [3.8, 4) is 11.3 Å². The number of halogens is 2. The zero-order chi connectivity index (χ0) is 19.6. The highest BCUT2D eigenvalue weighted by molar-refractivity contribution is 6.43. The first-order valence-electron chi connectivity index (χ1n) is 8.95. The molecule has 1 aromatic heterocycles. The molecule has 146 valence electrons. The number of hydrogen-bond donors (Lipinski definition) is 3. The lowest BCUT2D eigenvalue weighted by atomic mass is 10.0. The van der Waals surface area contributed by atoms with Crippen molar-refractivity contribution in [3.05, 3.63) is 28.2 Å². The molecule has 2 heterocycles. The van der Waals surface area contributed by atoms with E-state index in [-0.39, 0.29) is 17.5 Å². The van der Waals surface area contributed by atoms with E-state index < -0.39 is 0 Å². The van der Waals surface area contributed by atoms with Crippen molar-refractivity contribution in [1.29, 1.82) is 0 Å². The fourth-order valence-electron chi connectivity index (χ4n) is 3.13. The van der Waals surface area contributed by atoms with Crippen LogP contribution in [-0.2, 0) is 0 Å². The molecule has 27 heavy (non-hydrogen) atoms. The standard InChI is InChI=1S/C18H24Cl2N6O/c1-3-11(27)9-22-18(2)7-8-26(10-18)17-23-16(21)15(24-25-17)12-5-4-6-13(19)14(12)20/h4-6,11,22,27H,3,7-10H2,1-2H3,(H2,21,23,25)/t11-,18?/m1/s1. The van der Waals surface area contributed by atoms with E-state index >= 15 is 0 Å². The highest BCUT2D eigenvalue weighted by Crippen LogP contribution is 2.35. The number of nitrogens with two attached hydrogens (primary N) is 1. The van der Waals surface area contributed by atoms with Gasteiger partial charge in [0.25, 0.3) is 0 Å². The van der Waals surface area contributed by atoms with Gasteiger partial charge < -0.3 is 21.1 Å². The van der Waals surface area contributed by atoms with Crippen molar-refractivity contribution >= 4 is 35.0 Å². The summed E-state index contributed by atoms with van der Waals surface area (Å²) in [4.78, 5) is 6.47. The smallest absolute Gasteiger partial charge is 0.247 e. The third kappa shape index (κ3) is 4.43. The number of anilines is 2. The van der Waals surface area contributed by atoms with Crippen molar-refractivity contribution < 1.29 is 5.11 Å². The molecule has 4 N–H and O–H groups in total. The summed E-state index contributed by atoms with van der Waals surface area (Å²) in [5.41, 5.74) is 7.03. The highest BCUT2D eigenvalue weighted by atomic mass is 35.5. The Hall–Kier alpha value is -1.67. The van der Waals surface area contributed by atoms with Crippen LogP contribution in [0.15, 0.2) is 18.2 Å². The molecular weight excluding hydrogens is 387 g/mol. The topological polar surface area (TPSA) is 100 Å². The Morgan fingerprint density at radius 3 is 2.85 bits per heavy atom. The molecule has 7 nitrogen and oxygen atoms in total. The minimum atomic E-state index is -0.342. The monoisotopic (exact) mass is 410 g/mol. The summed E-state index contributed by atoms with van der Waals surface area (Å²) in [5.74, 6) is 0.739. The number of nitrogens with zero attached hydrogens (tertiary/aromatic N) is 4. The lowest BCUT2D eigenvalue weighted by Gasteiger charge is -2.27. The van der Waals surface area contributed by atoms with Gasteiger partial charge in [-0.05, 0) is 25.8 Å². The van der Waals surface area contributed by atoms with Crippen LogP contribution in [-0.4, -0.2) is 51.6 Å². The zero-order valence-electron chi connectivity index (χ0n) is 15.4. The summed E-state index contributed by atoms with van der Waals surface area (Å²) in [6, 6.07) is 5.26. The number of benzene rings is 1. The summed E-state index contributed by atoms with van der Waals surface area (Å²) in [5, 5.41) is 22.5. The van der Waals surface area contributed by atoms with Gasteiger partial charge >= 0.3 is 0 Å². The van der Waals surface area contributed by atoms with E-state index in [1.54, 1.807) is 18.2 Å². The van der Waals surface area contributed by atoms with Crippen molar-refractivity contribution in [2.24, 2.45) is 0 Å². The maximum Gasteiger partial charge on any atom is 0.247 e. The average molecular weight is 411 g/mol. The average Bonchev–Trinajstić information content (AvgIpc) is 3.05. The zero-order valence-corrected chi connectivity index (χ0v) is 16.9. The van der Waals surface area contributed by atoms with Crippen LogP contribution in [0.1, 0.15) is 26.7 Å². The molecule has 1 aliphatic rings. The summed E-state index contributed by atoms with van der Waals surface area (Å²) < 4.78 is 0. The molecule has 1 aromatic carbocycles. The van der Waals surface area contributed by atoms with Crippen molar-refractivity contribution in [2.45, 2.75) is 38.3 Å². The molecule has 0 saturated carbocycles. The van der Waals surface area contributed by atoms with Crippen LogP contribution < -0.4 is 16.0 Å². The molecule has 0 amide bonds. The molecule has 3 rings (SSSR count). The molecule has 1 unspecified atom stereocenters. The molecule has 0 bridgehead atoms. The van der Waals surface area contributed by atoms with Gasteiger partial charge in [0.2, 0.25) is 5.95 Å². The van der Waals surface area contributed by atoms with Gasteiger partial charge in [-0.15, -0.1) is 10.2 Å². The van der Waals surface area contributed by atoms with Crippen LogP contribution in [0, 0.1) is 0 Å². The van der Waals surface area contributed by atoms with E-state index in [1.165, 1.54) is 0 Å². The minimum absolute atomic E-state index is 0.122. The number of hydrogen-bond acceptors (Lipinski definition) is 7. The quantitative estimate of drug-likeness (QED) is 0.672. The molecule has 0 radical (unpaired) electrons. The van der Waals surface area contributed by atoms with E-state index in [9.17, 15) is 5.11 Å². The molecule has 1 aliphatic heterocycles. The fourth-order valence-corrected chi connectivity index (χ4v) is 3.52. The predicted molar refractivity (Wildman–Crippen MR) is 109 cm³/mol. The maximum absolute atomic E-state index is 9.79. The summed E-state index contributed by atoms with van der Waals surface area (Å²) in [6.07, 6.45) is 1.30. The largest absolute Gasteiger partial charge is 0.392 e. The summed E-state index contributed by atoms with van der Waals surface area (Å²) in [7, 11) is 0. The van der Waals surface area contributed by atoms with Crippen LogP contribution in [0.4, 0.5) is 11.8 Å². The Morgan fingerprint density at radius 2 is 2.15 bits per heavy atom. The molecule has 2 atom stereocenters. The van der Waals surface area contributed by atoms with Gasteiger partial charge in [0.15, 0.2) is 5.82 Å². The first-order valence-corrected chi connectivity index (χ1v) is 9.71. The third-order valence-corrected chi connectivity index (χ3v) is 5.72. The first kappa shape index (κ1) is 20.1. The second-order valence-electron chi connectivity index (χ2n) is 7.12. The summed E-state index contributed by atoms with van der Waals surface area (Å²) in [6.45, 7) is 6.15. The van der Waals surface area contributed by atoms with Crippen LogP contribution in [0.25, 0.3) is 11.3 Å². The Kier molecular flexibility index (Phi) is 6.05. The lowest BCUT2D eigenvalue weighted by molar-refractivity contribution is 0.155. The van der Waals surface area contributed by atoms with Crippen LogP contribution >= 0.6 is 23.2 Å². The Balaban J connectivity index is 1.76. The number of nitrogen functional groups attached to an aromatic ring is 1. The molecule has 1 saturated heterocycles. The van der Waals surface area contributed by atoms with Crippen LogP contribution in [0.3, 0.4) is 0 Å². The second-order valence-corrected chi connectivity index (χ2v) is 7.91. The third-order valence-electron chi connectivity index (χ3n) is 4.90. The van der Waals surface area contributed by atoms with Crippen LogP contribution in [0.5, 0.6) is 0 Å². The lowest BCUT2D eigenvalue weighted by Crippen LogP contribution is -2.47. The normalized spacial score (nSPS) is 20.9. The Labute approximate surface area is 168 Å². The van der Waals surface area contributed by atoms with E-state index in [0.29, 0.717) is 40.3 Å².